The summed E-state index contributed by atoms with van der Waals surface area (Å²) in [6.45, 7) is 0. The molecule has 3 rings (SSSR count). The highest BCUT2D eigenvalue weighted by atomic mass is 35.5. The van der Waals surface area contributed by atoms with Gasteiger partial charge >= 0.3 is 0 Å². The molecule has 19 heavy (non-hydrogen) atoms. The van der Waals surface area contributed by atoms with Crippen molar-refractivity contribution in [3.63, 3.8) is 0 Å². The molecule has 0 saturated heterocycles. The Morgan fingerprint density at radius 3 is 2.42 bits per heavy atom. The van der Waals surface area contributed by atoms with Crippen molar-refractivity contribution in [2.45, 2.75) is 25.3 Å². The normalized spacial score (nSPS) is 30.0. The molecule has 0 amide bonds. The van der Waals surface area contributed by atoms with E-state index in [1.54, 1.807) is 7.11 Å². The fraction of sp³-hybridized carbons (Fsp3) is 0.600. The summed E-state index contributed by atoms with van der Waals surface area (Å²) in [5.74, 6) is 3.25. The summed E-state index contributed by atoms with van der Waals surface area (Å²) in [6, 6.07) is 4.07. The topological polar surface area (TPSA) is 21.3 Å². The zero-order valence-corrected chi connectivity index (χ0v) is 12.8. The first kappa shape index (κ1) is 13.5. The average Bonchev–Trinajstić information content (AvgIpc) is 3.01. The van der Waals surface area contributed by atoms with E-state index in [0.29, 0.717) is 22.7 Å². The van der Waals surface area contributed by atoms with Crippen LogP contribution in [-0.2, 0) is 0 Å². The van der Waals surface area contributed by atoms with Crippen LogP contribution in [0.25, 0.3) is 0 Å². The van der Waals surface area contributed by atoms with Gasteiger partial charge in [-0.15, -0.1) is 0 Å². The van der Waals surface area contributed by atoms with Gasteiger partial charge in [0.05, 0.1) is 12.1 Å². The van der Waals surface area contributed by atoms with Crippen molar-refractivity contribution in [3.8, 4) is 5.75 Å². The number of ether oxygens (including phenoxy) is 1. The highest BCUT2D eigenvalue weighted by Gasteiger charge is 2.48. The van der Waals surface area contributed by atoms with Crippen LogP contribution in [0.4, 0.5) is 0 Å². The van der Waals surface area contributed by atoms with Gasteiger partial charge in [0.1, 0.15) is 5.75 Å². The minimum atomic E-state index is 0.295. The maximum atomic E-state index is 6.40. The van der Waals surface area contributed by atoms with Crippen LogP contribution in [0.3, 0.4) is 0 Å². The van der Waals surface area contributed by atoms with Crippen molar-refractivity contribution < 1.29 is 4.74 Å². The molecule has 1 aromatic carbocycles. The molecule has 0 spiro atoms. The van der Waals surface area contributed by atoms with Crippen LogP contribution in [0.1, 0.15) is 30.9 Å². The number of rotatable bonds is 4. The molecule has 3 unspecified atom stereocenters. The molecule has 0 aromatic heterocycles. The highest BCUT2D eigenvalue weighted by Crippen LogP contribution is 2.57. The summed E-state index contributed by atoms with van der Waals surface area (Å²) >= 11 is 12.6. The van der Waals surface area contributed by atoms with Crippen molar-refractivity contribution >= 4 is 23.2 Å². The van der Waals surface area contributed by atoms with Crippen LogP contribution in [-0.4, -0.2) is 14.2 Å². The molecule has 0 bridgehead atoms. The van der Waals surface area contributed by atoms with Crippen LogP contribution in [0, 0.1) is 17.8 Å². The van der Waals surface area contributed by atoms with Crippen molar-refractivity contribution in [1.82, 2.24) is 5.32 Å². The molecular formula is C15H19Cl2NO. The molecule has 2 fully saturated rings. The Kier molecular flexibility index (Phi) is 3.67. The fourth-order valence-electron chi connectivity index (χ4n) is 3.62. The predicted molar refractivity (Wildman–Crippen MR) is 79.1 cm³/mol. The van der Waals surface area contributed by atoms with Gasteiger partial charge in [0, 0.05) is 17.1 Å². The number of hydrogen-bond acceptors (Lipinski definition) is 2. The van der Waals surface area contributed by atoms with Crippen LogP contribution in [0.2, 0.25) is 10.0 Å². The number of nitrogens with one attached hydrogen (secondary N) is 1. The Morgan fingerprint density at radius 1 is 1.16 bits per heavy atom. The second kappa shape index (κ2) is 5.16. The number of hydrogen-bond donors (Lipinski definition) is 1. The van der Waals surface area contributed by atoms with E-state index in [2.05, 4.69) is 5.32 Å². The maximum absolute atomic E-state index is 6.40. The van der Waals surface area contributed by atoms with Crippen LogP contribution in [0.15, 0.2) is 12.1 Å². The van der Waals surface area contributed by atoms with Crippen molar-refractivity contribution in [3.05, 3.63) is 27.7 Å². The molecule has 1 N–H and O–H groups in total. The molecular weight excluding hydrogens is 281 g/mol. The van der Waals surface area contributed by atoms with Gasteiger partial charge in [-0.05, 0) is 55.7 Å². The second-order valence-corrected chi connectivity index (χ2v) is 6.58. The summed E-state index contributed by atoms with van der Waals surface area (Å²) in [4.78, 5) is 0. The minimum absolute atomic E-state index is 0.295. The highest BCUT2D eigenvalue weighted by molar-refractivity contribution is 6.34. The summed E-state index contributed by atoms with van der Waals surface area (Å²) in [5, 5.41) is 4.79. The lowest BCUT2D eigenvalue weighted by Gasteiger charge is -2.26. The molecule has 104 valence electrons. The lowest BCUT2D eigenvalue weighted by atomic mass is 9.89. The third-order valence-corrected chi connectivity index (χ3v) is 5.29. The van der Waals surface area contributed by atoms with Gasteiger partial charge < -0.3 is 10.1 Å². The van der Waals surface area contributed by atoms with E-state index in [0.717, 1.165) is 22.4 Å². The molecule has 0 radical (unpaired) electrons. The van der Waals surface area contributed by atoms with Gasteiger partial charge in [0.15, 0.2) is 0 Å². The first-order valence-electron chi connectivity index (χ1n) is 6.84. The molecule has 2 saturated carbocycles. The number of benzene rings is 1. The summed E-state index contributed by atoms with van der Waals surface area (Å²) in [7, 11) is 3.61. The Labute approximate surface area is 124 Å². The van der Waals surface area contributed by atoms with Crippen molar-refractivity contribution in [1.29, 1.82) is 0 Å². The Balaban J connectivity index is 1.88. The Hall–Kier alpha value is -0.440. The van der Waals surface area contributed by atoms with Crippen LogP contribution >= 0.6 is 23.2 Å². The molecule has 4 heteroatoms. The molecule has 1 aromatic rings. The largest absolute Gasteiger partial charge is 0.495 e. The Morgan fingerprint density at radius 2 is 1.84 bits per heavy atom. The lowest BCUT2D eigenvalue weighted by molar-refractivity contribution is 0.359. The van der Waals surface area contributed by atoms with Gasteiger partial charge in [-0.25, -0.2) is 0 Å². The third-order valence-electron chi connectivity index (χ3n) is 4.67. The van der Waals surface area contributed by atoms with E-state index in [1.807, 2.05) is 19.2 Å². The summed E-state index contributed by atoms with van der Waals surface area (Å²) < 4.78 is 5.21. The average molecular weight is 300 g/mol. The third kappa shape index (κ3) is 2.46. The smallest absolute Gasteiger partial charge is 0.138 e. The van der Waals surface area contributed by atoms with Gasteiger partial charge in [0.2, 0.25) is 0 Å². The monoisotopic (exact) mass is 299 g/mol. The van der Waals surface area contributed by atoms with E-state index in [1.165, 1.54) is 19.3 Å². The maximum Gasteiger partial charge on any atom is 0.138 e. The minimum Gasteiger partial charge on any atom is -0.495 e. The SMILES string of the molecule is CNC(c1cc(Cl)c(OC)cc1Cl)C1CC2CC2C1. The fourth-order valence-corrected chi connectivity index (χ4v) is 4.14. The standard InChI is InChI=1S/C15H19Cl2NO/c1-18-15(10-4-8-3-9(8)5-10)11-6-13(17)14(19-2)7-12(11)16/h6-10,15,18H,3-5H2,1-2H3. The van der Waals surface area contributed by atoms with Crippen molar-refractivity contribution in [2.75, 3.05) is 14.2 Å². The molecule has 0 heterocycles. The second-order valence-electron chi connectivity index (χ2n) is 5.76. The van der Waals surface area contributed by atoms with Crippen molar-refractivity contribution in [2.24, 2.45) is 17.8 Å². The van der Waals surface area contributed by atoms with E-state index < -0.39 is 0 Å². The molecule has 2 aliphatic carbocycles. The summed E-state index contributed by atoms with van der Waals surface area (Å²) in [6.07, 6.45) is 4.07. The van der Waals surface area contributed by atoms with Gasteiger partial charge in [-0.2, -0.15) is 0 Å². The lowest BCUT2D eigenvalue weighted by Crippen LogP contribution is -2.25. The Bertz CT molecular complexity index is 481. The van der Waals surface area contributed by atoms with Gasteiger partial charge in [0.25, 0.3) is 0 Å². The quantitative estimate of drug-likeness (QED) is 0.894. The van der Waals surface area contributed by atoms with Crippen LogP contribution < -0.4 is 10.1 Å². The predicted octanol–water partition coefficient (Wildman–Crippen LogP) is 4.31. The first-order valence-corrected chi connectivity index (χ1v) is 7.59. The molecule has 2 nitrogen and oxygen atoms in total. The van der Waals surface area contributed by atoms with Gasteiger partial charge in [-0.3, -0.25) is 0 Å². The van der Waals surface area contributed by atoms with E-state index in [9.17, 15) is 0 Å². The van der Waals surface area contributed by atoms with E-state index in [-0.39, 0.29) is 0 Å². The first-order chi connectivity index (χ1) is 9.13. The molecule has 2 aliphatic rings. The zero-order chi connectivity index (χ0) is 13.6. The van der Waals surface area contributed by atoms with Crippen LogP contribution in [0.5, 0.6) is 5.75 Å². The summed E-state index contributed by atoms with van der Waals surface area (Å²) in [5.41, 5.74) is 1.10. The molecule has 0 aliphatic heterocycles. The number of halogens is 2. The van der Waals surface area contributed by atoms with E-state index in [4.69, 9.17) is 27.9 Å². The number of methoxy groups -OCH3 is 1. The number of fused-ring (bicyclic) bond motifs is 1. The zero-order valence-electron chi connectivity index (χ0n) is 11.2. The molecule has 3 atom stereocenters. The van der Waals surface area contributed by atoms with Gasteiger partial charge in [-0.1, -0.05) is 23.2 Å². The van der Waals surface area contributed by atoms with E-state index >= 15 is 0 Å².